The van der Waals surface area contributed by atoms with Gasteiger partial charge in [0.05, 0.1) is 17.2 Å². The second kappa shape index (κ2) is 7.29. The first-order valence-electron chi connectivity index (χ1n) is 8.17. The summed E-state index contributed by atoms with van der Waals surface area (Å²) in [6, 6.07) is 4.29. The van der Waals surface area contributed by atoms with Crippen molar-refractivity contribution in [3.05, 3.63) is 41.6 Å². The Morgan fingerprint density at radius 1 is 1.21 bits per heavy atom. The van der Waals surface area contributed by atoms with Gasteiger partial charge in [-0.15, -0.1) is 0 Å². The summed E-state index contributed by atoms with van der Waals surface area (Å²) in [5.41, 5.74) is 6.98. The quantitative estimate of drug-likeness (QED) is 0.644. The first-order valence-corrected chi connectivity index (χ1v) is 8.17. The van der Waals surface area contributed by atoms with Crippen LogP contribution >= 0.6 is 0 Å². The first kappa shape index (κ1) is 17.7. The molecule has 2 aliphatic heterocycles. The second-order valence-electron chi connectivity index (χ2n) is 5.88. The van der Waals surface area contributed by atoms with Crippen molar-refractivity contribution in [2.24, 2.45) is 0 Å². The van der Waals surface area contributed by atoms with Crippen molar-refractivity contribution in [2.75, 3.05) is 5.73 Å². The van der Waals surface area contributed by atoms with Gasteiger partial charge in [-0.25, -0.2) is 0 Å². The number of nitrogens with zero attached hydrogens (tertiary/aromatic N) is 1. The van der Waals surface area contributed by atoms with E-state index in [1.54, 1.807) is 18.2 Å². The lowest BCUT2D eigenvalue weighted by atomic mass is 10.0. The molecule has 0 aromatic heterocycles. The summed E-state index contributed by atoms with van der Waals surface area (Å²) in [6.07, 6.45) is 3.28. The molecule has 128 valence electrons. The Morgan fingerprint density at radius 2 is 1.88 bits per heavy atom. The molecule has 3 N–H and O–H groups in total. The van der Waals surface area contributed by atoms with Gasteiger partial charge >= 0.3 is 0 Å². The SMILES string of the molecule is C=C1NC(=O)CCC1N1C(=O)c2cccc(N)c2C1=O.CCCC. The van der Waals surface area contributed by atoms with Crippen LogP contribution in [0.5, 0.6) is 0 Å². The maximum atomic E-state index is 12.4. The molecular formula is C18H23N3O3. The molecule has 0 saturated carbocycles. The largest absolute Gasteiger partial charge is 0.398 e. The highest BCUT2D eigenvalue weighted by atomic mass is 16.2. The zero-order valence-corrected chi connectivity index (χ0v) is 14.1. The Hall–Kier alpha value is -2.63. The van der Waals surface area contributed by atoms with Crippen molar-refractivity contribution < 1.29 is 14.4 Å². The monoisotopic (exact) mass is 329 g/mol. The first-order chi connectivity index (χ1) is 11.4. The van der Waals surface area contributed by atoms with Gasteiger partial charge in [-0.2, -0.15) is 0 Å². The van der Waals surface area contributed by atoms with E-state index in [4.69, 9.17) is 5.73 Å². The number of hydrogen-bond donors (Lipinski definition) is 2. The molecular weight excluding hydrogens is 306 g/mol. The van der Waals surface area contributed by atoms with Gasteiger partial charge < -0.3 is 11.1 Å². The fourth-order valence-corrected chi connectivity index (χ4v) is 2.66. The molecule has 3 rings (SSSR count). The number of nitrogens with one attached hydrogen (secondary N) is 1. The molecule has 3 amide bonds. The number of fused-ring (bicyclic) bond motifs is 1. The number of hydrogen-bond acceptors (Lipinski definition) is 4. The van der Waals surface area contributed by atoms with Gasteiger partial charge in [0.2, 0.25) is 5.91 Å². The molecule has 0 bridgehead atoms. The molecule has 24 heavy (non-hydrogen) atoms. The van der Waals surface area contributed by atoms with E-state index in [2.05, 4.69) is 25.7 Å². The van der Waals surface area contributed by atoms with Gasteiger partial charge in [-0.05, 0) is 18.6 Å². The smallest absolute Gasteiger partial charge is 0.264 e. The van der Waals surface area contributed by atoms with Gasteiger partial charge in [0.25, 0.3) is 11.8 Å². The highest BCUT2D eigenvalue weighted by molar-refractivity contribution is 6.24. The van der Waals surface area contributed by atoms with Crippen LogP contribution in [0.3, 0.4) is 0 Å². The maximum absolute atomic E-state index is 12.4. The van der Waals surface area contributed by atoms with Gasteiger partial charge in [0.15, 0.2) is 0 Å². The lowest BCUT2D eigenvalue weighted by Gasteiger charge is -2.31. The van der Waals surface area contributed by atoms with E-state index in [0.29, 0.717) is 17.7 Å². The van der Waals surface area contributed by atoms with Gasteiger partial charge in [0, 0.05) is 17.8 Å². The maximum Gasteiger partial charge on any atom is 0.264 e. The summed E-state index contributed by atoms with van der Waals surface area (Å²) in [5, 5.41) is 2.58. The third-order valence-electron chi connectivity index (χ3n) is 4.14. The van der Waals surface area contributed by atoms with Crippen LogP contribution < -0.4 is 11.1 Å². The molecule has 0 aliphatic carbocycles. The average Bonchev–Trinajstić information content (AvgIpc) is 2.81. The normalized spacial score (nSPS) is 19.6. The van der Waals surface area contributed by atoms with E-state index in [-0.39, 0.29) is 29.5 Å². The molecule has 1 atom stereocenters. The van der Waals surface area contributed by atoms with Gasteiger partial charge in [0.1, 0.15) is 0 Å². The minimum Gasteiger partial charge on any atom is -0.398 e. The minimum atomic E-state index is -0.514. The molecule has 6 nitrogen and oxygen atoms in total. The standard InChI is InChI=1S/C14H13N3O3.C4H10/c1-7-10(5-6-11(18)16-7)17-13(19)8-3-2-4-9(15)12(8)14(17)20;1-3-4-2/h2-4,10H,1,5-6,15H2,(H,16,18);3-4H2,1-2H3. The molecule has 1 saturated heterocycles. The van der Waals surface area contributed by atoms with Crippen LogP contribution in [-0.2, 0) is 4.79 Å². The zero-order chi connectivity index (χ0) is 17.9. The van der Waals surface area contributed by atoms with Crippen molar-refractivity contribution in [3.8, 4) is 0 Å². The Balaban J connectivity index is 0.000000471. The molecule has 6 heteroatoms. The average molecular weight is 329 g/mol. The van der Waals surface area contributed by atoms with Crippen LogP contribution in [0.4, 0.5) is 5.69 Å². The molecule has 2 heterocycles. The lowest BCUT2D eigenvalue weighted by Crippen LogP contribution is -2.48. The Bertz CT molecular complexity index is 695. The summed E-state index contributed by atoms with van der Waals surface area (Å²) in [5.74, 6) is -0.965. The van der Waals surface area contributed by atoms with E-state index in [9.17, 15) is 14.4 Å². The number of piperidine rings is 1. The van der Waals surface area contributed by atoms with Crippen LogP contribution in [0.1, 0.15) is 60.2 Å². The second-order valence-corrected chi connectivity index (χ2v) is 5.88. The summed E-state index contributed by atoms with van der Waals surface area (Å²) < 4.78 is 0. The van der Waals surface area contributed by atoms with Crippen LogP contribution in [0.25, 0.3) is 0 Å². The van der Waals surface area contributed by atoms with Crippen LogP contribution in [0.15, 0.2) is 30.5 Å². The summed E-state index contributed by atoms with van der Waals surface area (Å²) in [4.78, 5) is 37.2. The Kier molecular flexibility index (Phi) is 5.39. The number of imide groups is 1. The third kappa shape index (κ3) is 3.18. The number of carbonyl (C=O) groups excluding carboxylic acids is 3. The van der Waals surface area contributed by atoms with E-state index in [1.165, 1.54) is 12.8 Å². The van der Waals surface area contributed by atoms with Crippen molar-refractivity contribution >= 4 is 23.4 Å². The Morgan fingerprint density at radius 3 is 2.42 bits per heavy atom. The van der Waals surface area contributed by atoms with Crippen molar-refractivity contribution in [1.29, 1.82) is 0 Å². The van der Waals surface area contributed by atoms with E-state index < -0.39 is 11.9 Å². The van der Waals surface area contributed by atoms with E-state index in [0.717, 1.165) is 4.90 Å². The summed E-state index contributed by atoms with van der Waals surface area (Å²) in [6.45, 7) is 8.10. The number of nitrogen functional groups attached to an aromatic ring is 1. The summed E-state index contributed by atoms with van der Waals surface area (Å²) >= 11 is 0. The number of rotatable bonds is 2. The molecule has 0 radical (unpaired) electrons. The summed E-state index contributed by atoms with van der Waals surface area (Å²) in [7, 11) is 0. The number of benzene rings is 1. The van der Waals surface area contributed by atoms with E-state index in [1.807, 2.05) is 0 Å². The number of nitrogens with two attached hydrogens (primary N) is 1. The topological polar surface area (TPSA) is 92.5 Å². The minimum absolute atomic E-state index is 0.151. The number of unbranched alkanes of at least 4 members (excludes halogenated alkanes) is 1. The molecule has 1 aromatic carbocycles. The number of amides is 3. The van der Waals surface area contributed by atoms with Gasteiger partial charge in [-0.3, -0.25) is 19.3 Å². The highest BCUT2D eigenvalue weighted by Crippen LogP contribution is 2.32. The molecule has 2 aliphatic rings. The number of anilines is 1. The lowest BCUT2D eigenvalue weighted by molar-refractivity contribution is -0.121. The predicted molar refractivity (Wildman–Crippen MR) is 92.2 cm³/mol. The zero-order valence-electron chi connectivity index (χ0n) is 14.1. The number of carbonyl (C=O) groups is 3. The molecule has 1 fully saturated rings. The van der Waals surface area contributed by atoms with Crippen molar-refractivity contribution in [2.45, 2.75) is 45.6 Å². The third-order valence-corrected chi connectivity index (χ3v) is 4.14. The van der Waals surface area contributed by atoms with Crippen LogP contribution in [-0.4, -0.2) is 28.7 Å². The van der Waals surface area contributed by atoms with Crippen LogP contribution in [0, 0.1) is 0 Å². The van der Waals surface area contributed by atoms with E-state index >= 15 is 0 Å². The molecule has 0 spiro atoms. The van der Waals surface area contributed by atoms with Crippen LogP contribution in [0.2, 0.25) is 0 Å². The van der Waals surface area contributed by atoms with Crippen molar-refractivity contribution in [1.82, 2.24) is 10.2 Å². The predicted octanol–water partition coefficient (Wildman–Crippen LogP) is 2.46. The Labute approximate surface area is 141 Å². The van der Waals surface area contributed by atoms with Gasteiger partial charge in [-0.1, -0.05) is 39.3 Å². The molecule has 1 unspecified atom stereocenters. The highest BCUT2D eigenvalue weighted by Gasteiger charge is 2.43. The fourth-order valence-electron chi connectivity index (χ4n) is 2.66. The van der Waals surface area contributed by atoms with Crippen molar-refractivity contribution in [3.63, 3.8) is 0 Å². The molecule has 1 aromatic rings. The fraction of sp³-hybridized carbons (Fsp3) is 0.389.